The van der Waals surface area contributed by atoms with Crippen LogP contribution in [0.5, 0.6) is 0 Å². The van der Waals surface area contributed by atoms with E-state index in [1.54, 1.807) is 11.3 Å². The molecule has 19 heavy (non-hydrogen) atoms. The van der Waals surface area contributed by atoms with Gasteiger partial charge in [-0.05, 0) is 18.4 Å². The van der Waals surface area contributed by atoms with E-state index in [1.807, 2.05) is 6.20 Å². The lowest BCUT2D eigenvalue weighted by atomic mass is 10.1. The standard InChI is InChI=1S/C13H18N4S.ClH/c1-10-7-17(4-3-14-10)8-12-6-15-16-13(12)11-2-5-18-9-11;/h2,5-6,9-10,14H,3-4,7-8H2,1H3,(H,15,16);1H. The first kappa shape index (κ1) is 14.5. The van der Waals surface area contributed by atoms with Gasteiger partial charge in [0.05, 0.1) is 11.9 Å². The van der Waals surface area contributed by atoms with Gasteiger partial charge in [0.2, 0.25) is 0 Å². The first-order valence-electron chi connectivity index (χ1n) is 6.33. The highest BCUT2D eigenvalue weighted by atomic mass is 35.5. The molecule has 0 aliphatic carbocycles. The summed E-state index contributed by atoms with van der Waals surface area (Å²) in [4.78, 5) is 2.49. The number of halogens is 1. The average Bonchev–Trinajstić information content (AvgIpc) is 2.98. The van der Waals surface area contributed by atoms with Crippen LogP contribution in [0.4, 0.5) is 0 Å². The monoisotopic (exact) mass is 298 g/mol. The van der Waals surface area contributed by atoms with Gasteiger partial charge in [-0.2, -0.15) is 16.4 Å². The molecule has 0 aromatic carbocycles. The van der Waals surface area contributed by atoms with Crippen LogP contribution in [-0.4, -0.2) is 40.8 Å². The van der Waals surface area contributed by atoms with Crippen molar-refractivity contribution in [1.82, 2.24) is 20.4 Å². The van der Waals surface area contributed by atoms with Crippen LogP contribution in [0.1, 0.15) is 12.5 Å². The minimum atomic E-state index is 0. The van der Waals surface area contributed by atoms with Crippen molar-refractivity contribution >= 4 is 23.7 Å². The molecule has 2 aromatic heterocycles. The van der Waals surface area contributed by atoms with Crippen molar-refractivity contribution in [1.29, 1.82) is 0 Å². The van der Waals surface area contributed by atoms with Gasteiger partial charge in [0.15, 0.2) is 0 Å². The molecule has 1 unspecified atom stereocenters. The Balaban J connectivity index is 0.00000133. The van der Waals surface area contributed by atoms with Crippen LogP contribution >= 0.6 is 23.7 Å². The Bertz CT molecular complexity index is 496. The molecule has 2 aromatic rings. The molecule has 1 fully saturated rings. The summed E-state index contributed by atoms with van der Waals surface area (Å²) in [6.07, 6.45) is 1.96. The molecule has 0 saturated carbocycles. The minimum Gasteiger partial charge on any atom is -0.312 e. The number of thiophene rings is 1. The maximum absolute atomic E-state index is 4.20. The van der Waals surface area contributed by atoms with Crippen LogP contribution in [0.3, 0.4) is 0 Å². The largest absolute Gasteiger partial charge is 0.312 e. The molecule has 2 N–H and O–H groups in total. The van der Waals surface area contributed by atoms with E-state index in [0.717, 1.165) is 26.2 Å². The van der Waals surface area contributed by atoms with E-state index in [9.17, 15) is 0 Å². The molecule has 3 heterocycles. The SMILES string of the molecule is CC1CN(Cc2cn[nH]c2-c2ccsc2)CCN1.Cl. The molecule has 4 nitrogen and oxygen atoms in total. The van der Waals surface area contributed by atoms with Crippen LogP contribution in [0.2, 0.25) is 0 Å². The lowest BCUT2D eigenvalue weighted by Crippen LogP contribution is -2.48. The van der Waals surface area contributed by atoms with Crippen molar-refractivity contribution < 1.29 is 0 Å². The van der Waals surface area contributed by atoms with E-state index in [-0.39, 0.29) is 12.4 Å². The molecule has 0 radical (unpaired) electrons. The second-order valence-electron chi connectivity index (χ2n) is 4.87. The summed E-state index contributed by atoms with van der Waals surface area (Å²) in [5.41, 5.74) is 3.71. The molecule has 1 aliphatic rings. The molecule has 1 saturated heterocycles. The Labute approximate surface area is 123 Å². The van der Waals surface area contributed by atoms with Crippen molar-refractivity contribution in [2.24, 2.45) is 0 Å². The van der Waals surface area contributed by atoms with Gasteiger partial charge in [0, 0.05) is 48.7 Å². The fraction of sp³-hybridized carbons (Fsp3) is 0.462. The predicted molar refractivity (Wildman–Crippen MR) is 81.9 cm³/mol. The maximum Gasteiger partial charge on any atom is 0.0703 e. The summed E-state index contributed by atoms with van der Waals surface area (Å²) in [7, 11) is 0. The summed E-state index contributed by atoms with van der Waals surface area (Å²) >= 11 is 1.72. The van der Waals surface area contributed by atoms with Gasteiger partial charge in [-0.3, -0.25) is 10.00 Å². The zero-order valence-corrected chi connectivity index (χ0v) is 12.6. The first-order valence-corrected chi connectivity index (χ1v) is 7.28. The highest BCUT2D eigenvalue weighted by Crippen LogP contribution is 2.24. The number of aromatic nitrogens is 2. The van der Waals surface area contributed by atoms with Gasteiger partial charge in [0.1, 0.15) is 0 Å². The lowest BCUT2D eigenvalue weighted by molar-refractivity contribution is 0.200. The number of nitrogens with one attached hydrogen (secondary N) is 2. The molecule has 0 amide bonds. The fourth-order valence-electron chi connectivity index (χ4n) is 2.48. The third kappa shape index (κ3) is 3.36. The molecule has 1 atom stereocenters. The van der Waals surface area contributed by atoms with Crippen LogP contribution in [0.25, 0.3) is 11.3 Å². The number of rotatable bonds is 3. The summed E-state index contributed by atoms with van der Waals surface area (Å²) in [5, 5.41) is 15.1. The zero-order chi connectivity index (χ0) is 12.4. The van der Waals surface area contributed by atoms with E-state index >= 15 is 0 Å². The van der Waals surface area contributed by atoms with Gasteiger partial charge in [-0.25, -0.2) is 0 Å². The van der Waals surface area contributed by atoms with E-state index in [1.165, 1.54) is 16.8 Å². The molecule has 1 aliphatic heterocycles. The first-order chi connectivity index (χ1) is 8.83. The third-order valence-corrected chi connectivity index (χ3v) is 4.06. The molecule has 104 valence electrons. The maximum atomic E-state index is 4.20. The normalized spacial score (nSPS) is 20.2. The fourth-order valence-corrected chi connectivity index (χ4v) is 3.13. The van der Waals surface area contributed by atoms with E-state index in [0.29, 0.717) is 6.04 Å². The Hall–Kier alpha value is -0.880. The number of nitrogens with zero attached hydrogens (tertiary/aromatic N) is 2. The molecule has 0 bridgehead atoms. The topological polar surface area (TPSA) is 44.0 Å². The number of H-pyrrole nitrogens is 1. The lowest BCUT2D eigenvalue weighted by Gasteiger charge is -2.31. The molecule has 0 spiro atoms. The second-order valence-corrected chi connectivity index (χ2v) is 5.65. The van der Waals surface area contributed by atoms with Crippen LogP contribution in [0.15, 0.2) is 23.0 Å². The van der Waals surface area contributed by atoms with Gasteiger partial charge in [0.25, 0.3) is 0 Å². The van der Waals surface area contributed by atoms with Crippen molar-refractivity contribution in [2.45, 2.75) is 19.5 Å². The van der Waals surface area contributed by atoms with Crippen molar-refractivity contribution in [2.75, 3.05) is 19.6 Å². The van der Waals surface area contributed by atoms with Gasteiger partial charge < -0.3 is 5.32 Å². The number of aromatic amines is 1. The Morgan fingerprint density at radius 1 is 1.53 bits per heavy atom. The van der Waals surface area contributed by atoms with E-state index < -0.39 is 0 Å². The number of piperazine rings is 1. The van der Waals surface area contributed by atoms with Gasteiger partial charge in [-0.1, -0.05) is 0 Å². The minimum absolute atomic E-state index is 0. The molecular formula is C13H19ClN4S. The smallest absolute Gasteiger partial charge is 0.0703 e. The van der Waals surface area contributed by atoms with Crippen molar-refractivity contribution in [3.8, 4) is 11.3 Å². The number of hydrogen-bond donors (Lipinski definition) is 2. The van der Waals surface area contributed by atoms with Gasteiger partial charge >= 0.3 is 0 Å². The molecule has 6 heteroatoms. The van der Waals surface area contributed by atoms with Crippen LogP contribution in [-0.2, 0) is 6.54 Å². The van der Waals surface area contributed by atoms with E-state index in [2.05, 4.69) is 44.2 Å². The van der Waals surface area contributed by atoms with Crippen LogP contribution in [0, 0.1) is 0 Å². The summed E-state index contributed by atoms with van der Waals surface area (Å²) in [5.74, 6) is 0. The summed E-state index contributed by atoms with van der Waals surface area (Å²) in [6, 6.07) is 2.72. The third-order valence-electron chi connectivity index (χ3n) is 3.37. The quantitative estimate of drug-likeness (QED) is 0.914. The second kappa shape index (κ2) is 6.52. The van der Waals surface area contributed by atoms with Crippen molar-refractivity contribution in [3.63, 3.8) is 0 Å². The van der Waals surface area contributed by atoms with Gasteiger partial charge in [-0.15, -0.1) is 12.4 Å². The average molecular weight is 299 g/mol. The molecule has 3 rings (SSSR count). The highest BCUT2D eigenvalue weighted by Gasteiger charge is 2.18. The Morgan fingerprint density at radius 2 is 2.42 bits per heavy atom. The van der Waals surface area contributed by atoms with Crippen LogP contribution < -0.4 is 5.32 Å². The number of hydrogen-bond acceptors (Lipinski definition) is 4. The van der Waals surface area contributed by atoms with Crippen molar-refractivity contribution in [3.05, 3.63) is 28.6 Å². The zero-order valence-electron chi connectivity index (χ0n) is 10.9. The molecular weight excluding hydrogens is 280 g/mol. The Kier molecular flexibility index (Phi) is 4.99. The summed E-state index contributed by atoms with van der Waals surface area (Å²) in [6.45, 7) is 6.51. The van der Waals surface area contributed by atoms with E-state index in [4.69, 9.17) is 0 Å². The highest BCUT2D eigenvalue weighted by molar-refractivity contribution is 7.08. The summed E-state index contributed by atoms with van der Waals surface area (Å²) < 4.78 is 0. The predicted octanol–water partition coefficient (Wildman–Crippen LogP) is 2.35. The Morgan fingerprint density at radius 3 is 3.16 bits per heavy atom.